The number of alkyl halides is 3. The number of hydrogen-bond donors (Lipinski definition) is 1. The topological polar surface area (TPSA) is 38.3 Å². The highest BCUT2D eigenvalue weighted by molar-refractivity contribution is 5.97. The number of ether oxygens (including phenoxy) is 1. The third-order valence-corrected chi connectivity index (χ3v) is 3.28. The van der Waals surface area contributed by atoms with Crippen molar-refractivity contribution in [2.75, 3.05) is 19.8 Å². The molecule has 2 rings (SSSR count). The van der Waals surface area contributed by atoms with Crippen LogP contribution in [-0.2, 0) is 10.9 Å². The number of morpholine rings is 1. The Morgan fingerprint density at radius 2 is 2.20 bits per heavy atom. The van der Waals surface area contributed by atoms with Crippen molar-refractivity contribution in [3.63, 3.8) is 0 Å². The molecule has 1 fully saturated rings. The molecule has 0 aliphatic carbocycles. The molecule has 1 aromatic rings. The highest BCUT2D eigenvalue weighted by Gasteiger charge is 2.31. The first-order valence-corrected chi connectivity index (χ1v) is 6.40. The summed E-state index contributed by atoms with van der Waals surface area (Å²) in [6, 6.07) is 3.14. The molecule has 0 spiro atoms. The lowest BCUT2D eigenvalue weighted by Gasteiger charge is -2.23. The molecule has 0 radical (unpaired) electrons. The fourth-order valence-corrected chi connectivity index (χ4v) is 2.24. The van der Waals surface area contributed by atoms with Gasteiger partial charge in [-0.25, -0.2) is 0 Å². The van der Waals surface area contributed by atoms with Crippen LogP contribution in [0.3, 0.4) is 0 Å². The van der Waals surface area contributed by atoms with E-state index in [4.69, 9.17) is 4.74 Å². The van der Waals surface area contributed by atoms with Gasteiger partial charge in [0.1, 0.15) is 0 Å². The second kappa shape index (κ2) is 5.93. The van der Waals surface area contributed by atoms with Crippen LogP contribution in [0, 0.1) is 6.92 Å². The number of hydrogen-bond acceptors (Lipinski definition) is 3. The second-order valence-corrected chi connectivity index (χ2v) is 4.88. The molecule has 1 unspecified atom stereocenters. The van der Waals surface area contributed by atoms with Gasteiger partial charge in [-0.1, -0.05) is 6.07 Å². The number of carbonyl (C=O) groups excluding carboxylic acids is 1. The van der Waals surface area contributed by atoms with E-state index >= 15 is 0 Å². The van der Waals surface area contributed by atoms with Gasteiger partial charge in [0.25, 0.3) is 0 Å². The quantitative estimate of drug-likeness (QED) is 0.868. The van der Waals surface area contributed by atoms with Gasteiger partial charge in [0.15, 0.2) is 5.78 Å². The summed E-state index contributed by atoms with van der Waals surface area (Å²) in [5.41, 5.74) is -0.0439. The number of ketones is 1. The molecule has 1 aliphatic heterocycles. The zero-order chi connectivity index (χ0) is 14.8. The van der Waals surface area contributed by atoms with Crippen molar-refractivity contribution in [2.24, 2.45) is 0 Å². The van der Waals surface area contributed by atoms with Crippen LogP contribution in [-0.4, -0.2) is 31.6 Å². The second-order valence-electron chi connectivity index (χ2n) is 4.88. The van der Waals surface area contributed by atoms with E-state index in [-0.39, 0.29) is 18.2 Å². The van der Waals surface area contributed by atoms with Crippen molar-refractivity contribution in [1.82, 2.24) is 5.32 Å². The summed E-state index contributed by atoms with van der Waals surface area (Å²) in [6.07, 6.45) is -4.16. The molecule has 1 saturated heterocycles. The van der Waals surface area contributed by atoms with E-state index in [1.54, 1.807) is 0 Å². The largest absolute Gasteiger partial charge is 0.416 e. The average molecular weight is 287 g/mol. The minimum Gasteiger partial charge on any atom is -0.378 e. The maximum Gasteiger partial charge on any atom is 0.416 e. The summed E-state index contributed by atoms with van der Waals surface area (Å²) in [5.74, 6) is -0.167. The van der Waals surface area contributed by atoms with Crippen LogP contribution in [0.2, 0.25) is 0 Å². The van der Waals surface area contributed by atoms with Crippen LogP contribution in [0.1, 0.15) is 27.9 Å². The van der Waals surface area contributed by atoms with Gasteiger partial charge in [0, 0.05) is 24.6 Å². The lowest BCUT2D eigenvalue weighted by molar-refractivity contribution is -0.137. The molecule has 3 nitrogen and oxygen atoms in total. The Labute approximate surface area is 115 Å². The minimum atomic E-state index is -4.38. The van der Waals surface area contributed by atoms with Gasteiger partial charge in [0.2, 0.25) is 0 Å². The molecule has 1 heterocycles. The Morgan fingerprint density at radius 1 is 1.45 bits per heavy atom. The molecular weight excluding hydrogens is 271 g/mol. The maximum atomic E-state index is 12.6. The van der Waals surface area contributed by atoms with E-state index in [2.05, 4.69) is 5.32 Å². The number of halogens is 3. The maximum absolute atomic E-state index is 12.6. The minimum absolute atomic E-state index is 0.0713. The zero-order valence-corrected chi connectivity index (χ0v) is 11.1. The third-order valence-electron chi connectivity index (χ3n) is 3.28. The molecule has 110 valence electrons. The Kier molecular flexibility index (Phi) is 4.45. The molecule has 1 atom stereocenters. The van der Waals surface area contributed by atoms with Crippen LogP contribution in [0.25, 0.3) is 0 Å². The molecule has 1 N–H and O–H groups in total. The van der Waals surface area contributed by atoms with Crippen molar-refractivity contribution < 1.29 is 22.7 Å². The van der Waals surface area contributed by atoms with Gasteiger partial charge in [-0.05, 0) is 24.6 Å². The first-order chi connectivity index (χ1) is 9.38. The van der Waals surface area contributed by atoms with Crippen molar-refractivity contribution >= 4 is 5.78 Å². The summed E-state index contributed by atoms with van der Waals surface area (Å²) in [4.78, 5) is 12.1. The number of Topliss-reactive ketones (excluding diaryl/α,β-unsaturated/α-hetero) is 1. The molecule has 1 aliphatic rings. The molecular formula is C14H16F3NO2. The Balaban J connectivity index is 2.10. The molecule has 0 saturated carbocycles. The van der Waals surface area contributed by atoms with Crippen LogP contribution >= 0.6 is 0 Å². The number of aryl methyl sites for hydroxylation is 1. The van der Waals surface area contributed by atoms with Gasteiger partial charge < -0.3 is 10.1 Å². The van der Waals surface area contributed by atoms with Crippen LogP contribution in [0.5, 0.6) is 0 Å². The van der Waals surface area contributed by atoms with Gasteiger partial charge in [-0.15, -0.1) is 0 Å². The summed E-state index contributed by atoms with van der Waals surface area (Å²) in [7, 11) is 0. The normalized spacial score (nSPS) is 19.9. The predicted octanol–water partition coefficient (Wildman–Crippen LogP) is 2.58. The van der Waals surface area contributed by atoms with E-state index in [0.717, 1.165) is 12.1 Å². The molecule has 0 aromatic heterocycles. The highest BCUT2D eigenvalue weighted by atomic mass is 19.4. The number of nitrogens with one attached hydrogen (secondary N) is 1. The predicted molar refractivity (Wildman–Crippen MR) is 67.7 cm³/mol. The fourth-order valence-electron chi connectivity index (χ4n) is 2.24. The van der Waals surface area contributed by atoms with E-state index in [9.17, 15) is 18.0 Å². The van der Waals surface area contributed by atoms with Gasteiger partial charge in [-0.2, -0.15) is 13.2 Å². The number of carbonyl (C=O) groups is 1. The van der Waals surface area contributed by atoms with E-state index < -0.39 is 11.7 Å². The van der Waals surface area contributed by atoms with E-state index in [1.807, 2.05) is 0 Å². The Hall–Kier alpha value is -1.40. The van der Waals surface area contributed by atoms with E-state index in [0.29, 0.717) is 30.9 Å². The zero-order valence-electron chi connectivity index (χ0n) is 11.1. The smallest absolute Gasteiger partial charge is 0.378 e. The highest BCUT2D eigenvalue weighted by Crippen LogP contribution is 2.30. The molecule has 1 aromatic carbocycles. The Bertz CT molecular complexity index is 494. The third kappa shape index (κ3) is 3.58. The van der Waals surface area contributed by atoms with Crippen molar-refractivity contribution in [1.29, 1.82) is 0 Å². The SMILES string of the molecule is Cc1cc(C(F)(F)F)ccc1C(=O)CC1COCCN1. The van der Waals surface area contributed by atoms with Crippen LogP contribution in [0.4, 0.5) is 13.2 Å². The molecule has 20 heavy (non-hydrogen) atoms. The van der Waals surface area contributed by atoms with Gasteiger partial charge >= 0.3 is 6.18 Å². The lowest BCUT2D eigenvalue weighted by atomic mass is 9.97. The average Bonchev–Trinajstić information content (AvgIpc) is 2.38. The first kappa shape index (κ1) is 15.0. The standard InChI is InChI=1S/C14H16F3NO2/c1-9-6-10(14(15,16)17)2-3-12(9)13(19)7-11-8-20-5-4-18-11/h2-3,6,11,18H,4-5,7-8H2,1H3. The molecule has 6 heteroatoms. The summed E-state index contributed by atoms with van der Waals surface area (Å²) in [6.45, 7) is 3.27. The summed E-state index contributed by atoms with van der Waals surface area (Å²) < 4.78 is 42.9. The fraction of sp³-hybridized carbons (Fsp3) is 0.500. The molecule has 0 bridgehead atoms. The number of benzene rings is 1. The van der Waals surface area contributed by atoms with Gasteiger partial charge in [0.05, 0.1) is 18.8 Å². The number of rotatable bonds is 3. The Morgan fingerprint density at radius 3 is 2.75 bits per heavy atom. The van der Waals surface area contributed by atoms with E-state index in [1.165, 1.54) is 13.0 Å². The van der Waals surface area contributed by atoms with Crippen molar-refractivity contribution in [3.05, 3.63) is 34.9 Å². The van der Waals surface area contributed by atoms with Crippen molar-refractivity contribution in [3.8, 4) is 0 Å². The van der Waals surface area contributed by atoms with Crippen molar-refractivity contribution in [2.45, 2.75) is 25.6 Å². The summed E-state index contributed by atoms with van der Waals surface area (Å²) in [5, 5.41) is 3.15. The van der Waals surface area contributed by atoms with Crippen LogP contribution in [0.15, 0.2) is 18.2 Å². The lowest BCUT2D eigenvalue weighted by Crippen LogP contribution is -2.42. The molecule has 0 amide bonds. The summed E-state index contributed by atoms with van der Waals surface area (Å²) >= 11 is 0. The van der Waals surface area contributed by atoms with Crippen LogP contribution < -0.4 is 5.32 Å². The monoisotopic (exact) mass is 287 g/mol. The van der Waals surface area contributed by atoms with Gasteiger partial charge in [-0.3, -0.25) is 4.79 Å². The first-order valence-electron chi connectivity index (χ1n) is 6.40.